The largest absolute Gasteiger partial charge is 0.326 e. The summed E-state index contributed by atoms with van der Waals surface area (Å²) >= 11 is 1.39. The monoisotopic (exact) mass is 449 g/mol. The van der Waals surface area contributed by atoms with E-state index in [4.69, 9.17) is 0 Å². The van der Waals surface area contributed by atoms with Crippen LogP contribution in [0.15, 0.2) is 47.4 Å². The molecule has 0 fully saturated rings. The molecule has 0 spiro atoms. The van der Waals surface area contributed by atoms with E-state index in [1.54, 1.807) is 51.1 Å². The highest BCUT2D eigenvalue weighted by atomic mass is 32.2. The van der Waals surface area contributed by atoms with Gasteiger partial charge in [-0.2, -0.15) is 0 Å². The quantitative estimate of drug-likeness (QED) is 0.497. The second kappa shape index (κ2) is 10.5. The molecule has 0 saturated heterocycles. The normalized spacial score (nSPS) is 12.1. The van der Waals surface area contributed by atoms with Crippen LogP contribution in [0.5, 0.6) is 0 Å². The fourth-order valence-corrected chi connectivity index (χ4v) is 4.74. The van der Waals surface area contributed by atoms with E-state index in [1.165, 1.54) is 18.7 Å². The topological polar surface area (TPSA) is 104 Å². The van der Waals surface area contributed by atoms with Crippen molar-refractivity contribution in [2.75, 3.05) is 21.1 Å². The molecule has 9 heteroatoms. The van der Waals surface area contributed by atoms with Crippen molar-refractivity contribution < 1.29 is 18.0 Å². The standard InChI is InChI=1S/C21H27N3O4S2/c1-5-13-30(27,28)24-20-8-6-7-19(14(20)2)23-21(26)15(3)29-18-11-9-17(10-12-18)22-16(4)25/h6-12,15,24H,5,13H2,1-4H3,(H,22,25)(H,23,26). The van der Waals surface area contributed by atoms with Gasteiger partial charge in [0.05, 0.1) is 16.7 Å². The number of sulfonamides is 1. The van der Waals surface area contributed by atoms with Gasteiger partial charge in [-0.25, -0.2) is 8.42 Å². The molecular weight excluding hydrogens is 422 g/mol. The Morgan fingerprint density at radius 1 is 1.03 bits per heavy atom. The van der Waals surface area contributed by atoms with Crippen LogP contribution in [-0.4, -0.2) is 31.2 Å². The Hall–Kier alpha value is -2.52. The van der Waals surface area contributed by atoms with Crippen molar-refractivity contribution in [2.24, 2.45) is 0 Å². The lowest BCUT2D eigenvalue weighted by Gasteiger charge is -2.16. The molecule has 2 aromatic carbocycles. The minimum absolute atomic E-state index is 0.0391. The number of anilines is 3. The van der Waals surface area contributed by atoms with Crippen LogP contribution in [0, 0.1) is 6.92 Å². The zero-order valence-corrected chi connectivity index (χ0v) is 19.1. The van der Waals surface area contributed by atoms with Gasteiger partial charge in [0.1, 0.15) is 0 Å². The van der Waals surface area contributed by atoms with Gasteiger partial charge < -0.3 is 10.6 Å². The Morgan fingerprint density at radius 3 is 2.27 bits per heavy atom. The average Bonchev–Trinajstić information content (AvgIpc) is 2.65. The average molecular weight is 450 g/mol. The molecule has 0 saturated carbocycles. The zero-order chi connectivity index (χ0) is 22.3. The molecule has 0 radical (unpaired) electrons. The Labute approximate surface area is 182 Å². The Kier molecular flexibility index (Phi) is 8.31. The molecule has 162 valence electrons. The van der Waals surface area contributed by atoms with Gasteiger partial charge >= 0.3 is 0 Å². The van der Waals surface area contributed by atoms with Gasteiger partial charge in [0.25, 0.3) is 0 Å². The van der Waals surface area contributed by atoms with Crippen LogP contribution in [0.2, 0.25) is 0 Å². The number of hydrogen-bond acceptors (Lipinski definition) is 5. The third-order valence-corrected chi connectivity index (χ3v) is 6.78. The Bertz CT molecular complexity index is 1010. The van der Waals surface area contributed by atoms with E-state index in [1.807, 2.05) is 12.1 Å². The van der Waals surface area contributed by atoms with Gasteiger partial charge in [0.15, 0.2) is 0 Å². The highest BCUT2D eigenvalue weighted by molar-refractivity contribution is 8.00. The molecule has 2 rings (SSSR count). The van der Waals surface area contributed by atoms with Crippen molar-refractivity contribution in [3.8, 4) is 0 Å². The predicted octanol–water partition coefficient (Wildman–Crippen LogP) is 4.22. The maximum Gasteiger partial charge on any atom is 0.237 e. The van der Waals surface area contributed by atoms with Gasteiger partial charge in [-0.3, -0.25) is 14.3 Å². The van der Waals surface area contributed by atoms with E-state index in [0.29, 0.717) is 29.0 Å². The summed E-state index contributed by atoms with van der Waals surface area (Å²) in [5.41, 5.74) is 2.37. The van der Waals surface area contributed by atoms with E-state index >= 15 is 0 Å². The first-order valence-corrected chi connectivity index (χ1v) is 12.1. The summed E-state index contributed by atoms with van der Waals surface area (Å²) in [6.07, 6.45) is 0.519. The third-order valence-electron chi connectivity index (χ3n) is 4.19. The number of thioether (sulfide) groups is 1. The van der Waals surface area contributed by atoms with E-state index in [0.717, 1.165) is 4.90 Å². The molecular formula is C21H27N3O4S2. The summed E-state index contributed by atoms with van der Waals surface area (Å²) in [4.78, 5) is 24.6. The number of rotatable bonds is 9. The number of amides is 2. The van der Waals surface area contributed by atoms with E-state index in [2.05, 4.69) is 15.4 Å². The third kappa shape index (κ3) is 7.07. The molecule has 2 aromatic rings. The summed E-state index contributed by atoms with van der Waals surface area (Å²) in [6, 6.07) is 12.4. The smallest absolute Gasteiger partial charge is 0.237 e. The summed E-state index contributed by atoms with van der Waals surface area (Å²) in [6.45, 7) is 6.80. The first-order valence-electron chi connectivity index (χ1n) is 9.56. The van der Waals surface area contributed by atoms with Gasteiger partial charge in [0, 0.05) is 23.2 Å². The Balaban J connectivity index is 2.04. The first kappa shape index (κ1) is 23.8. The molecule has 0 bridgehead atoms. The van der Waals surface area contributed by atoms with Crippen molar-refractivity contribution in [3.63, 3.8) is 0 Å². The minimum Gasteiger partial charge on any atom is -0.326 e. The number of carbonyl (C=O) groups is 2. The maximum atomic E-state index is 12.7. The van der Waals surface area contributed by atoms with Gasteiger partial charge in [-0.15, -0.1) is 11.8 Å². The minimum atomic E-state index is -3.41. The second-order valence-electron chi connectivity index (χ2n) is 6.85. The van der Waals surface area contributed by atoms with Crippen LogP contribution in [0.25, 0.3) is 0 Å². The molecule has 30 heavy (non-hydrogen) atoms. The Morgan fingerprint density at radius 2 is 1.67 bits per heavy atom. The van der Waals surface area contributed by atoms with Crippen molar-refractivity contribution in [3.05, 3.63) is 48.0 Å². The second-order valence-corrected chi connectivity index (χ2v) is 10.1. The van der Waals surface area contributed by atoms with E-state index in [9.17, 15) is 18.0 Å². The zero-order valence-electron chi connectivity index (χ0n) is 17.5. The lowest BCUT2D eigenvalue weighted by molar-refractivity contribution is -0.115. The van der Waals surface area contributed by atoms with Crippen molar-refractivity contribution in [1.29, 1.82) is 0 Å². The molecule has 3 N–H and O–H groups in total. The van der Waals surface area contributed by atoms with Crippen molar-refractivity contribution in [2.45, 2.75) is 44.3 Å². The molecule has 0 heterocycles. The van der Waals surface area contributed by atoms with Gasteiger partial charge in [-0.1, -0.05) is 13.0 Å². The molecule has 1 unspecified atom stereocenters. The fourth-order valence-electron chi connectivity index (χ4n) is 2.68. The summed E-state index contributed by atoms with van der Waals surface area (Å²) < 4.78 is 26.7. The summed E-state index contributed by atoms with van der Waals surface area (Å²) in [5, 5.41) is 5.20. The lowest BCUT2D eigenvalue weighted by Crippen LogP contribution is -2.23. The highest BCUT2D eigenvalue weighted by Crippen LogP contribution is 2.28. The SMILES string of the molecule is CCCS(=O)(=O)Nc1cccc(NC(=O)C(C)Sc2ccc(NC(C)=O)cc2)c1C. The van der Waals surface area contributed by atoms with Crippen LogP contribution >= 0.6 is 11.8 Å². The van der Waals surface area contributed by atoms with Crippen LogP contribution in [-0.2, 0) is 19.6 Å². The maximum absolute atomic E-state index is 12.7. The molecule has 0 aromatic heterocycles. The highest BCUT2D eigenvalue weighted by Gasteiger charge is 2.17. The molecule has 1 atom stereocenters. The van der Waals surface area contributed by atoms with Crippen LogP contribution in [0.3, 0.4) is 0 Å². The molecule has 0 aliphatic heterocycles. The molecule has 7 nitrogen and oxygen atoms in total. The molecule has 0 aliphatic carbocycles. The lowest BCUT2D eigenvalue weighted by atomic mass is 10.1. The summed E-state index contributed by atoms with van der Waals surface area (Å²) in [5.74, 6) is -0.294. The predicted molar refractivity (Wildman–Crippen MR) is 124 cm³/mol. The summed E-state index contributed by atoms with van der Waals surface area (Å²) in [7, 11) is -3.41. The molecule has 2 amide bonds. The number of nitrogens with one attached hydrogen (secondary N) is 3. The number of benzene rings is 2. The van der Waals surface area contributed by atoms with Crippen LogP contribution in [0.1, 0.15) is 32.8 Å². The fraction of sp³-hybridized carbons (Fsp3) is 0.333. The van der Waals surface area contributed by atoms with Gasteiger partial charge in [0.2, 0.25) is 21.8 Å². The van der Waals surface area contributed by atoms with E-state index in [-0.39, 0.29) is 22.8 Å². The van der Waals surface area contributed by atoms with E-state index < -0.39 is 10.0 Å². The van der Waals surface area contributed by atoms with Crippen molar-refractivity contribution in [1.82, 2.24) is 0 Å². The molecule has 0 aliphatic rings. The number of carbonyl (C=O) groups excluding carboxylic acids is 2. The van der Waals surface area contributed by atoms with Crippen LogP contribution in [0.4, 0.5) is 17.1 Å². The first-order chi connectivity index (χ1) is 14.1. The van der Waals surface area contributed by atoms with Gasteiger partial charge in [-0.05, 0) is 62.2 Å². The van der Waals surface area contributed by atoms with Crippen molar-refractivity contribution >= 4 is 50.7 Å². The number of hydrogen-bond donors (Lipinski definition) is 3. The van der Waals surface area contributed by atoms with Crippen LogP contribution < -0.4 is 15.4 Å².